The Labute approximate surface area is 104 Å². The van der Waals surface area contributed by atoms with Gasteiger partial charge in [0.25, 0.3) is 0 Å². The lowest BCUT2D eigenvalue weighted by molar-refractivity contribution is -0.141. The molecule has 2 rings (SSSR count). The molecule has 0 aliphatic heterocycles. The van der Waals surface area contributed by atoms with Crippen LogP contribution < -0.4 is 10.2 Å². The summed E-state index contributed by atoms with van der Waals surface area (Å²) in [6.07, 6.45) is 1.56. The lowest BCUT2D eigenvalue weighted by Crippen LogP contribution is -2.15. The van der Waals surface area contributed by atoms with E-state index in [4.69, 9.17) is 4.74 Å². The van der Waals surface area contributed by atoms with E-state index in [1.807, 2.05) is 0 Å². The van der Waals surface area contributed by atoms with Crippen molar-refractivity contribution in [1.82, 2.24) is 4.57 Å². The summed E-state index contributed by atoms with van der Waals surface area (Å²) in [6, 6.07) is 6.61. The molecule has 0 N–H and O–H groups in total. The second kappa shape index (κ2) is 4.91. The fourth-order valence-corrected chi connectivity index (χ4v) is 1.84. The van der Waals surface area contributed by atoms with Gasteiger partial charge >= 0.3 is 5.97 Å². The highest BCUT2D eigenvalue weighted by Crippen LogP contribution is 2.22. The van der Waals surface area contributed by atoms with Crippen molar-refractivity contribution < 1.29 is 14.3 Å². The summed E-state index contributed by atoms with van der Waals surface area (Å²) in [5.41, 5.74) is 0.489. The van der Waals surface area contributed by atoms with Crippen LogP contribution in [0.1, 0.15) is 0 Å². The van der Waals surface area contributed by atoms with Gasteiger partial charge in [0, 0.05) is 17.6 Å². The fourth-order valence-electron chi connectivity index (χ4n) is 1.84. The summed E-state index contributed by atoms with van der Waals surface area (Å²) in [5.74, 6) is 0.167. The fraction of sp³-hybridized carbons (Fsp3) is 0.231. The van der Waals surface area contributed by atoms with Gasteiger partial charge in [-0.2, -0.15) is 0 Å². The van der Waals surface area contributed by atoms with E-state index in [0.29, 0.717) is 16.7 Å². The summed E-state index contributed by atoms with van der Waals surface area (Å²) >= 11 is 0. The molecule has 2 aromatic rings. The van der Waals surface area contributed by atoms with Gasteiger partial charge in [-0.1, -0.05) is 6.07 Å². The number of nitrogens with zero attached hydrogens (tertiary/aromatic N) is 1. The molecule has 0 unspecified atom stereocenters. The molecular weight excluding hydrogens is 234 g/mol. The second-order valence-corrected chi connectivity index (χ2v) is 3.74. The van der Waals surface area contributed by atoms with E-state index in [2.05, 4.69) is 4.74 Å². The molecule has 1 aromatic carbocycles. The molecule has 94 valence electrons. The van der Waals surface area contributed by atoms with E-state index in [1.165, 1.54) is 20.3 Å². The van der Waals surface area contributed by atoms with Crippen molar-refractivity contribution in [3.05, 3.63) is 40.7 Å². The van der Waals surface area contributed by atoms with Crippen molar-refractivity contribution in [3.63, 3.8) is 0 Å². The van der Waals surface area contributed by atoms with Crippen molar-refractivity contribution >= 4 is 16.9 Å². The van der Waals surface area contributed by atoms with Crippen LogP contribution in [0.25, 0.3) is 10.9 Å². The number of esters is 1. The summed E-state index contributed by atoms with van der Waals surface area (Å²) < 4.78 is 11.5. The number of aromatic nitrogens is 1. The molecule has 0 bridgehead atoms. The van der Waals surface area contributed by atoms with Crippen LogP contribution in [0.3, 0.4) is 0 Å². The van der Waals surface area contributed by atoms with Crippen LogP contribution in [-0.2, 0) is 16.1 Å². The van der Waals surface area contributed by atoms with Gasteiger partial charge in [-0.05, 0) is 12.1 Å². The van der Waals surface area contributed by atoms with Gasteiger partial charge in [0.05, 0.1) is 19.7 Å². The molecule has 0 saturated heterocycles. The molecule has 0 fully saturated rings. The number of pyridine rings is 1. The van der Waals surface area contributed by atoms with E-state index in [-0.39, 0.29) is 17.9 Å². The Morgan fingerprint density at radius 3 is 2.72 bits per heavy atom. The Morgan fingerprint density at radius 2 is 2.06 bits per heavy atom. The first-order valence-corrected chi connectivity index (χ1v) is 5.40. The minimum atomic E-state index is -0.383. The highest BCUT2D eigenvalue weighted by molar-refractivity contribution is 5.86. The van der Waals surface area contributed by atoms with Crippen LogP contribution in [0.15, 0.2) is 35.3 Å². The monoisotopic (exact) mass is 247 g/mol. The minimum absolute atomic E-state index is 0.0354. The molecule has 0 saturated carbocycles. The Bertz CT molecular complexity index is 645. The third-order valence-corrected chi connectivity index (χ3v) is 2.70. The summed E-state index contributed by atoms with van der Waals surface area (Å²) in [6.45, 7) is 0.0354. The van der Waals surface area contributed by atoms with Gasteiger partial charge in [-0.3, -0.25) is 9.59 Å². The van der Waals surface area contributed by atoms with Crippen molar-refractivity contribution in [2.45, 2.75) is 6.54 Å². The number of fused-ring (bicyclic) bond motifs is 1. The molecular formula is C13H13NO4. The second-order valence-electron chi connectivity index (χ2n) is 3.74. The zero-order valence-corrected chi connectivity index (χ0v) is 10.2. The number of para-hydroxylation sites is 1. The third kappa shape index (κ3) is 2.07. The summed E-state index contributed by atoms with van der Waals surface area (Å²) in [5, 5.41) is 0.515. The van der Waals surface area contributed by atoms with Crippen molar-refractivity contribution in [3.8, 4) is 5.75 Å². The highest BCUT2D eigenvalue weighted by atomic mass is 16.5. The molecule has 0 aliphatic rings. The van der Waals surface area contributed by atoms with Crippen molar-refractivity contribution in [2.24, 2.45) is 0 Å². The number of rotatable bonds is 3. The SMILES string of the molecule is COC(=O)Cn1ccc(=O)c2cccc(OC)c21. The zero-order chi connectivity index (χ0) is 13.1. The van der Waals surface area contributed by atoms with Gasteiger partial charge in [-0.15, -0.1) is 0 Å². The number of hydrogen-bond donors (Lipinski definition) is 0. The van der Waals surface area contributed by atoms with Crippen molar-refractivity contribution in [2.75, 3.05) is 14.2 Å². The largest absolute Gasteiger partial charge is 0.495 e. The van der Waals surface area contributed by atoms with E-state index < -0.39 is 0 Å². The van der Waals surface area contributed by atoms with Crippen LogP contribution >= 0.6 is 0 Å². The van der Waals surface area contributed by atoms with Crippen LogP contribution in [-0.4, -0.2) is 24.8 Å². The van der Waals surface area contributed by atoms with Crippen LogP contribution in [0.5, 0.6) is 5.75 Å². The van der Waals surface area contributed by atoms with E-state index in [1.54, 1.807) is 29.0 Å². The lowest BCUT2D eigenvalue weighted by Gasteiger charge is -2.12. The zero-order valence-electron chi connectivity index (χ0n) is 10.2. The normalized spacial score (nSPS) is 10.3. The van der Waals surface area contributed by atoms with Crippen LogP contribution in [0, 0.1) is 0 Å². The van der Waals surface area contributed by atoms with Gasteiger partial charge in [0.2, 0.25) is 0 Å². The summed E-state index contributed by atoms with van der Waals surface area (Å²) in [4.78, 5) is 23.1. The number of ether oxygens (including phenoxy) is 2. The smallest absolute Gasteiger partial charge is 0.325 e. The first kappa shape index (κ1) is 12.2. The van der Waals surface area contributed by atoms with Gasteiger partial charge in [0.1, 0.15) is 12.3 Å². The molecule has 18 heavy (non-hydrogen) atoms. The minimum Gasteiger partial charge on any atom is -0.495 e. The van der Waals surface area contributed by atoms with Gasteiger partial charge in [-0.25, -0.2) is 0 Å². The van der Waals surface area contributed by atoms with E-state index >= 15 is 0 Å². The highest BCUT2D eigenvalue weighted by Gasteiger charge is 2.10. The first-order valence-electron chi connectivity index (χ1n) is 5.40. The molecule has 0 spiro atoms. The molecule has 0 radical (unpaired) electrons. The maximum absolute atomic E-state index is 11.8. The van der Waals surface area contributed by atoms with Crippen molar-refractivity contribution in [1.29, 1.82) is 0 Å². The number of hydrogen-bond acceptors (Lipinski definition) is 4. The molecule has 0 amide bonds. The maximum atomic E-state index is 11.8. The van der Waals surface area contributed by atoms with E-state index in [0.717, 1.165) is 0 Å². The average Bonchev–Trinajstić information content (AvgIpc) is 2.41. The first-order chi connectivity index (χ1) is 8.67. The van der Waals surface area contributed by atoms with Gasteiger partial charge < -0.3 is 14.0 Å². The molecule has 0 aliphatic carbocycles. The molecule has 0 atom stereocenters. The third-order valence-electron chi connectivity index (χ3n) is 2.70. The maximum Gasteiger partial charge on any atom is 0.325 e. The standard InChI is InChI=1S/C13H13NO4/c1-17-11-5-3-4-9-10(15)6-7-14(13(9)11)8-12(16)18-2/h3-7H,8H2,1-2H3. The Balaban J connectivity index is 2.70. The van der Waals surface area contributed by atoms with E-state index in [9.17, 15) is 9.59 Å². The predicted octanol–water partition coefficient (Wildman–Crippen LogP) is 1.18. The van der Waals surface area contributed by atoms with Crippen LogP contribution in [0.4, 0.5) is 0 Å². The Morgan fingerprint density at radius 1 is 1.28 bits per heavy atom. The number of carbonyl (C=O) groups excluding carboxylic acids is 1. The summed E-state index contributed by atoms with van der Waals surface area (Å²) in [7, 11) is 2.85. The molecule has 1 aromatic heterocycles. The number of benzene rings is 1. The Hall–Kier alpha value is -2.30. The lowest BCUT2D eigenvalue weighted by atomic mass is 10.2. The molecule has 1 heterocycles. The predicted molar refractivity (Wildman–Crippen MR) is 66.8 cm³/mol. The molecule has 5 nitrogen and oxygen atoms in total. The van der Waals surface area contributed by atoms with Crippen LogP contribution in [0.2, 0.25) is 0 Å². The average molecular weight is 247 g/mol. The quantitative estimate of drug-likeness (QED) is 0.764. The molecule has 5 heteroatoms. The topological polar surface area (TPSA) is 57.5 Å². The number of carbonyl (C=O) groups is 1. The van der Waals surface area contributed by atoms with Gasteiger partial charge in [0.15, 0.2) is 5.43 Å². The Kier molecular flexibility index (Phi) is 3.32. The number of methoxy groups -OCH3 is 2.